The summed E-state index contributed by atoms with van der Waals surface area (Å²) in [6, 6.07) is 16.0. The number of nitrogens with zero attached hydrogens (tertiary/aromatic N) is 3. The molecule has 0 N–H and O–H groups in total. The van der Waals surface area contributed by atoms with Crippen LogP contribution in [0.2, 0.25) is 10.2 Å². The number of amides is 1. The number of carbonyl (C=O) groups excluding carboxylic acids is 1. The normalized spacial score (nSPS) is 11.7. The van der Waals surface area contributed by atoms with Crippen LogP contribution in [0.3, 0.4) is 0 Å². The van der Waals surface area contributed by atoms with Crippen LogP contribution in [-0.4, -0.2) is 22.2 Å². The minimum atomic E-state index is -0.872. The van der Waals surface area contributed by atoms with E-state index in [0.29, 0.717) is 16.3 Å². The summed E-state index contributed by atoms with van der Waals surface area (Å²) in [5.74, 6) is -0.161. The van der Waals surface area contributed by atoms with Gasteiger partial charge < -0.3 is 4.74 Å². The second kappa shape index (κ2) is 8.99. The van der Waals surface area contributed by atoms with Crippen LogP contribution < -0.4 is 9.64 Å². The van der Waals surface area contributed by atoms with E-state index in [2.05, 4.69) is 10.2 Å². The van der Waals surface area contributed by atoms with Crippen molar-refractivity contribution in [2.45, 2.75) is 19.6 Å². The van der Waals surface area contributed by atoms with E-state index in [0.717, 1.165) is 0 Å². The number of aromatic nitrogens is 2. The molecule has 0 spiro atoms. The van der Waals surface area contributed by atoms with Gasteiger partial charge in [-0.1, -0.05) is 47.5 Å². The number of anilines is 1. The highest BCUT2D eigenvalue weighted by Gasteiger charge is 2.26. The molecule has 5 nitrogen and oxygen atoms in total. The molecule has 0 aliphatic rings. The maximum absolute atomic E-state index is 14.1. The smallest absolute Gasteiger partial charge is 0.269 e. The molecule has 0 saturated heterocycles. The maximum Gasteiger partial charge on any atom is 0.269 e. The molecule has 3 rings (SSSR count). The lowest BCUT2D eigenvalue weighted by Crippen LogP contribution is -2.41. The molecule has 0 bridgehead atoms. The van der Waals surface area contributed by atoms with Crippen molar-refractivity contribution in [2.75, 3.05) is 4.90 Å². The van der Waals surface area contributed by atoms with Crippen LogP contribution in [0.15, 0.2) is 60.7 Å². The van der Waals surface area contributed by atoms with Gasteiger partial charge in [0.15, 0.2) is 17.1 Å². The number of rotatable bonds is 6. The van der Waals surface area contributed by atoms with Gasteiger partial charge in [-0.15, -0.1) is 10.2 Å². The first-order valence-electron chi connectivity index (χ1n) is 8.40. The van der Waals surface area contributed by atoms with Gasteiger partial charge in [0.25, 0.3) is 5.91 Å². The number of hydrogen-bond acceptors (Lipinski definition) is 4. The molecule has 8 heteroatoms. The van der Waals surface area contributed by atoms with Crippen molar-refractivity contribution in [3.8, 4) is 5.75 Å². The second-order valence-corrected chi connectivity index (χ2v) is 6.77. The van der Waals surface area contributed by atoms with Crippen LogP contribution in [0.5, 0.6) is 5.75 Å². The van der Waals surface area contributed by atoms with Gasteiger partial charge in [-0.25, -0.2) is 4.39 Å². The Balaban J connectivity index is 1.87. The predicted molar refractivity (Wildman–Crippen MR) is 106 cm³/mol. The van der Waals surface area contributed by atoms with Crippen molar-refractivity contribution in [3.05, 3.63) is 82.2 Å². The van der Waals surface area contributed by atoms with E-state index in [4.69, 9.17) is 27.9 Å². The molecular weight excluding hydrogens is 404 g/mol. The van der Waals surface area contributed by atoms with Crippen LogP contribution in [0.4, 0.5) is 10.2 Å². The Labute approximate surface area is 171 Å². The lowest BCUT2D eigenvalue weighted by molar-refractivity contribution is -0.124. The molecule has 144 valence electrons. The molecule has 0 fully saturated rings. The first kappa shape index (κ1) is 20.0. The second-order valence-electron chi connectivity index (χ2n) is 5.95. The van der Waals surface area contributed by atoms with Gasteiger partial charge in [0, 0.05) is 10.6 Å². The van der Waals surface area contributed by atoms with Gasteiger partial charge in [0.05, 0.1) is 6.54 Å². The monoisotopic (exact) mass is 419 g/mol. The number of benzene rings is 2. The molecule has 1 atom stereocenters. The Kier molecular flexibility index (Phi) is 6.44. The van der Waals surface area contributed by atoms with Crippen LogP contribution >= 0.6 is 23.2 Å². The molecule has 2 aromatic carbocycles. The Morgan fingerprint density at radius 1 is 1.11 bits per heavy atom. The van der Waals surface area contributed by atoms with Crippen molar-refractivity contribution in [1.82, 2.24) is 10.2 Å². The lowest BCUT2D eigenvalue weighted by atomic mass is 10.2. The first-order chi connectivity index (χ1) is 13.4. The van der Waals surface area contributed by atoms with Crippen molar-refractivity contribution in [3.63, 3.8) is 0 Å². The fourth-order valence-electron chi connectivity index (χ4n) is 2.54. The zero-order chi connectivity index (χ0) is 20.1. The van der Waals surface area contributed by atoms with Gasteiger partial charge in [0.2, 0.25) is 0 Å². The van der Waals surface area contributed by atoms with E-state index in [1.807, 2.05) is 0 Å². The third-order valence-corrected chi connectivity index (χ3v) is 4.34. The van der Waals surface area contributed by atoms with E-state index < -0.39 is 17.8 Å². The average molecular weight is 420 g/mol. The summed E-state index contributed by atoms with van der Waals surface area (Å²) in [6.45, 7) is 1.56. The summed E-state index contributed by atoms with van der Waals surface area (Å²) in [4.78, 5) is 14.4. The van der Waals surface area contributed by atoms with Crippen LogP contribution in [0.1, 0.15) is 12.5 Å². The average Bonchev–Trinajstić information content (AvgIpc) is 2.68. The summed E-state index contributed by atoms with van der Waals surface area (Å²) in [7, 11) is 0. The molecule has 28 heavy (non-hydrogen) atoms. The topological polar surface area (TPSA) is 55.3 Å². The zero-order valence-corrected chi connectivity index (χ0v) is 16.4. The first-order valence-corrected chi connectivity index (χ1v) is 9.16. The largest absolute Gasteiger partial charge is 0.481 e. The molecule has 1 unspecified atom stereocenters. The molecule has 1 heterocycles. The third-order valence-electron chi connectivity index (χ3n) is 3.90. The highest BCUT2D eigenvalue weighted by molar-refractivity contribution is 6.30. The SMILES string of the molecule is CC(Oc1cccc(Cl)c1)C(=O)N(Cc1ccccc1F)c1ccc(Cl)nn1. The van der Waals surface area contributed by atoms with Crippen LogP contribution in [-0.2, 0) is 11.3 Å². The van der Waals surface area contributed by atoms with Crippen LogP contribution in [0.25, 0.3) is 0 Å². The van der Waals surface area contributed by atoms with Gasteiger partial charge in [-0.3, -0.25) is 9.69 Å². The lowest BCUT2D eigenvalue weighted by Gasteiger charge is -2.25. The number of carbonyl (C=O) groups is 1. The minimum Gasteiger partial charge on any atom is -0.481 e. The summed E-state index contributed by atoms with van der Waals surface area (Å²) in [6.07, 6.45) is -0.872. The molecule has 0 aliphatic carbocycles. The number of halogens is 3. The van der Waals surface area contributed by atoms with E-state index in [1.54, 1.807) is 55.5 Å². The fraction of sp³-hybridized carbons (Fsp3) is 0.150. The standard InChI is InChI=1S/C20H16Cl2FN3O2/c1-13(28-16-7-4-6-15(21)11-16)20(27)26(19-10-9-18(22)24-25-19)12-14-5-2-3-8-17(14)23/h2-11,13H,12H2,1H3. The van der Waals surface area contributed by atoms with Crippen molar-refractivity contribution in [1.29, 1.82) is 0 Å². The molecule has 0 saturated carbocycles. The molecular formula is C20H16Cl2FN3O2. The van der Waals surface area contributed by atoms with E-state index in [1.165, 1.54) is 17.0 Å². The zero-order valence-electron chi connectivity index (χ0n) is 14.8. The summed E-state index contributed by atoms with van der Waals surface area (Å²) in [5.41, 5.74) is 0.336. The van der Waals surface area contributed by atoms with E-state index in [-0.39, 0.29) is 17.5 Å². The molecule has 1 aromatic heterocycles. The highest BCUT2D eigenvalue weighted by atomic mass is 35.5. The summed E-state index contributed by atoms with van der Waals surface area (Å²) in [5, 5.41) is 8.40. The number of ether oxygens (including phenoxy) is 1. The third kappa shape index (κ3) is 4.97. The minimum absolute atomic E-state index is 0.0366. The Morgan fingerprint density at radius 3 is 2.57 bits per heavy atom. The van der Waals surface area contributed by atoms with Gasteiger partial charge in [-0.05, 0) is 43.3 Å². The Bertz CT molecular complexity index is 970. The van der Waals surface area contributed by atoms with Crippen molar-refractivity contribution < 1.29 is 13.9 Å². The summed E-state index contributed by atoms with van der Waals surface area (Å²) >= 11 is 11.7. The van der Waals surface area contributed by atoms with E-state index >= 15 is 0 Å². The van der Waals surface area contributed by atoms with Gasteiger partial charge in [-0.2, -0.15) is 0 Å². The molecule has 3 aromatic rings. The number of hydrogen-bond donors (Lipinski definition) is 0. The van der Waals surface area contributed by atoms with Gasteiger partial charge in [0.1, 0.15) is 11.6 Å². The van der Waals surface area contributed by atoms with Crippen molar-refractivity contribution >= 4 is 34.9 Å². The Morgan fingerprint density at radius 2 is 1.89 bits per heavy atom. The maximum atomic E-state index is 14.1. The van der Waals surface area contributed by atoms with Crippen LogP contribution in [0, 0.1) is 5.82 Å². The van der Waals surface area contributed by atoms with E-state index in [9.17, 15) is 9.18 Å². The highest BCUT2D eigenvalue weighted by Crippen LogP contribution is 2.22. The molecule has 1 amide bonds. The molecule has 0 aliphatic heterocycles. The fourth-order valence-corrected chi connectivity index (χ4v) is 2.82. The van der Waals surface area contributed by atoms with Crippen molar-refractivity contribution in [2.24, 2.45) is 0 Å². The Hall–Kier alpha value is -2.70. The predicted octanol–water partition coefficient (Wildman–Crippen LogP) is 4.92. The van der Waals surface area contributed by atoms with Gasteiger partial charge >= 0.3 is 0 Å². The summed E-state index contributed by atoms with van der Waals surface area (Å²) < 4.78 is 19.9. The quantitative estimate of drug-likeness (QED) is 0.568. The molecule has 0 radical (unpaired) electrons.